The molecule has 2 aromatic heterocycles. The van der Waals surface area contributed by atoms with E-state index in [4.69, 9.17) is 14.8 Å². The summed E-state index contributed by atoms with van der Waals surface area (Å²) in [7, 11) is 0. The standard InChI is InChI=1S/C25H31N5O2/c1-4-30-22-10-11-28(23(31)16-32-20-7-5-6-17(2)12-20)15-21(22)24(27-30)25-26-13-18(3)29(25)14-19-8-9-19/h5-7,12-13,19H,4,8-11,14-16H2,1-3H3. The monoisotopic (exact) mass is 433 g/mol. The van der Waals surface area contributed by atoms with E-state index >= 15 is 0 Å². The highest BCUT2D eigenvalue weighted by Gasteiger charge is 2.31. The molecule has 1 amide bonds. The fourth-order valence-electron chi connectivity index (χ4n) is 4.53. The number of amides is 1. The average Bonchev–Trinajstić information content (AvgIpc) is 3.45. The number of hydrogen-bond acceptors (Lipinski definition) is 4. The SMILES string of the molecule is CCn1nc(-c2ncc(C)n2CC2CC2)c2c1CCN(C(=O)COc1cccc(C)c1)C2. The number of benzene rings is 1. The van der Waals surface area contributed by atoms with Crippen LogP contribution in [-0.2, 0) is 30.8 Å². The van der Waals surface area contributed by atoms with Gasteiger partial charge in [-0.05, 0) is 57.2 Å². The first-order valence-corrected chi connectivity index (χ1v) is 11.6. The van der Waals surface area contributed by atoms with Crippen LogP contribution in [0.25, 0.3) is 11.5 Å². The summed E-state index contributed by atoms with van der Waals surface area (Å²) in [6, 6.07) is 7.80. The van der Waals surface area contributed by atoms with Gasteiger partial charge in [-0.2, -0.15) is 5.10 Å². The molecule has 7 heteroatoms. The van der Waals surface area contributed by atoms with Crippen molar-refractivity contribution < 1.29 is 9.53 Å². The second kappa shape index (κ2) is 8.45. The summed E-state index contributed by atoms with van der Waals surface area (Å²) >= 11 is 0. The number of aryl methyl sites for hydroxylation is 3. The molecule has 168 valence electrons. The number of ether oxygens (including phenoxy) is 1. The molecule has 3 aromatic rings. The highest BCUT2D eigenvalue weighted by molar-refractivity contribution is 5.78. The van der Waals surface area contributed by atoms with E-state index in [1.165, 1.54) is 24.2 Å². The van der Waals surface area contributed by atoms with E-state index in [-0.39, 0.29) is 12.5 Å². The van der Waals surface area contributed by atoms with Gasteiger partial charge in [-0.3, -0.25) is 9.48 Å². The largest absolute Gasteiger partial charge is 0.484 e. The van der Waals surface area contributed by atoms with Crippen LogP contribution in [0, 0.1) is 19.8 Å². The minimum atomic E-state index is 0.00450. The number of aromatic nitrogens is 4. The third-order valence-electron chi connectivity index (χ3n) is 6.54. The van der Waals surface area contributed by atoms with Gasteiger partial charge in [0.05, 0.1) is 0 Å². The molecular weight excluding hydrogens is 402 g/mol. The van der Waals surface area contributed by atoms with Crippen LogP contribution in [0.1, 0.15) is 42.3 Å². The second-order valence-electron chi connectivity index (χ2n) is 9.04. The van der Waals surface area contributed by atoms with Gasteiger partial charge in [0, 0.05) is 55.7 Å². The van der Waals surface area contributed by atoms with Gasteiger partial charge in [-0.25, -0.2) is 4.98 Å². The van der Waals surface area contributed by atoms with Crippen LogP contribution in [0.5, 0.6) is 5.75 Å². The maximum atomic E-state index is 13.0. The zero-order valence-corrected chi connectivity index (χ0v) is 19.2. The van der Waals surface area contributed by atoms with E-state index in [2.05, 4.69) is 23.1 Å². The lowest BCUT2D eigenvalue weighted by Crippen LogP contribution is -2.39. The van der Waals surface area contributed by atoms with Crippen molar-refractivity contribution in [2.75, 3.05) is 13.2 Å². The number of nitrogens with zero attached hydrogens (tertiary/aromatic N) is 5. The predicted octanol–water partition coefficient (Wildman–Crippen LogP) is 3.76. The fourth-order valence-corrected chi connectivity index (χ4v) is 4.53. The van der Waals surface area contributed by atoms with E-state index < -0.39 is 0 Å². The Morgan fingerprint density at radius 3 is 2.84 bits per heavy atom. The molecule has 0 radical (unpaired) electrons. The number of carbonyl (C=O) groups excluding carboxylic acids is 1. The van der Waals surface area contributed by atoms with Crippen LogP contribution >= 0.6 is 0 Å². The lowest BCUT2D eigenvalue weighted by Gasteiger charge is -2.28. The Morgan fingerprint density at radius 2 is 2.09 bits per heavy atom. The van der Waals surface area contributed by atoms with Gasteiger partial charge in [0.2, 0.25) is 0 Å². The van der Waals surface area contributed by atoms with Crippen LogP contribution in [0.4, 0.5) is 0 Å². The molecule has 1 aliphatic heterocycles. The molecule has 0 spiro atoms. The van der Waals surface area contributed by atoms with Gasteiger partial charge < -0.3 is 14.2 Å². The molecule has 5 rings (SSSR count). The first-order chi connectivity index (χ1) is 15.5. The highest BCUT2D eigenvalue weighted by Crippen LogP contribution is 2.35. The van der Waals surface area contributed by atoms with Crippen molar-refractivity contribution >= 4 is 5.91 Å². The second-order valence-corrected chi connectivity index (χ2v) is 9.04. The average molecular weight is 434 g/mol. The maximum Gasteiger partial charge on any atom is 0.260 e. The van der Waals surface area contributed by atoms with Crippen molar-refractivity contribution in [3.8, 4) is 17.3 Å². The molecule has 0 saturated heterocycles. The summed E-state index contributed by atoms with van der Waals surface area (Å²) in [5, 5.41) is 4.94. The molecule has 0 unspecified atom stereocenters. The smallest absolute Gasteiger partial charge is 0.260 e. The minimum Gasteiger partial charge on any atom is -0.484 e. The highest BCUT2D eigenvalue weighted by atomic mass is 16.5. The lowest BCUT2D eigenvalue weighted by atomic mass is 10.0. The van der Waals surface area contributed by atoms with Gasteiger partial charge in [0.25, 0.3) is 5.91 Å². The quantitative estimate of drug-likeness (QED) is 0.569. The molecule has 32 heavy (non-hydrogen) atoms. The van der Waals surface area contributed by atoms with E-state index in [0.717, 1.165) is 53.8 Å². The summed E-state index contributed by atoms with van der Waals surface area (Å²) < 4.78 is 10.2. The van der Waals surface area contributed by atoms with Crippen molar-refractivity contribution in [1.29, 1.82) is 0 Å². The van der Waals surface area contributed by atoms with E-state index in [1.807, 2.05) is 42.3 Å². The van der Waals surface area contributed by atoms with Crippen LogP contribution in [0.3, 0.4) is 0 Å². The predicted molar refractivity (Wildman–Crippen MR) is 122 cm³/mol. The first-order valence-electron chi connectivity index (χ1n) is 11.6. The van der Waals surface area contributed by atoms with Crippen LogP contribution in [0.15, 0.2) is 30.5 Å². The van der Waals surface area contributed by atoms with E-state index in [1.54, 1.807) is 0 Å². The van der Waals surface area contributed by atoms with Gasteiger partial charge in [-0.1, -0.05) is 12.1 Å². The first kappa shape index (κ1) is 20.8. The third kappa shape index (κ3) is 4.04. The van der Waals surface area contributed by atoms with E-state index in [9.17, 15) is 4.79 Å². The Labute approximate surface area is 189 Å². The van der Waals surface area contributed by atoms with Crippen LogP contribution < -0.4 is 4.74 Å². The summed E-state index contributed by atoms with van der Waals surface area (Å²) in [5.74, 6) is 2.42. The topological polar surface area (TPSA) is 65.2 Å². The summed E-state index contributed by atoms with van der Waals surface area (Å²) in [5.41, 5.74) is 5.57. The molecule has 1 aromatic carbocycles. The Morgan fingerprint density at radius 1 is 1.25 bits per heavy atom. The number of imidazole rings is 1. The lowest BCUT2D eigenvalue weighted by molar-refractivity contribution is -0.134. The van der Waals surface area contributed by atoms with Crippen molar-refractivity contribution in [2.45, 2.75) is 59.7 Å². The molecule has 0 atom stereocenters. The zero-order valence-electron chi connectivity index (χ0n) is 19.2. The molecule has 1 saturated carbocycles. The molecule has 1 aliphatic carbocycles. The van der Waals surface area contributed by atoms with Crippen LogP contribution in [0.2, 0.25) is 0 Å². The van der Waals surface area contributed by atoms with Gasteiger partial charge in [0.15, 0.2) is 12.4 Å². The van der Waals surface area contributed by atoms with Crippen LogP contribution in [-0.4, -0.2) is 43.3 Å². The number of hydrogen-bond donors (Lipinski definition) is 0. The molecule has 0 bridgehead atoms. The molecular formula is C25H31N5O2. The van der Waals surface area contributed by atoms with Crippen molar-refractivity contribution in [2.24, 2.45) is 5.92 Å². The van der Waals surface area contributed by atoms with E-state index in [0.29, 0.717) is 13.1 Å². The number of rotatable bonds is 7. The Kier molecular flexibility index (Phi) is 5.49. The number of carbonyl (C=O) groups is 1. The van der Waals surface area contributed by atoms with Crippen molar-refractivity contribution in [3.05, 3.63) is 53.0 Å². The normalized spacial score (nSPS) is 15.7. The minimum absolute atomic E-state index is 0.00450. The maximum absolute atomic E-state index is 13.0. The molecule has 3 heterocycles. The van der Waals surface area contributed by atoms with Gasteiger partial charge in [0.1, 0.15) is 11.4 Å². The molecule has 2 aliphatic rings. The summed E-state index contributed by atoms with van der Waals surface area (Å²) in [6.45, 7) is 9.34. The third-order valence-corrected chi connectivity index (χ3v) is 6.54. The summed E-state index contributed by atoms with van der Waals surface area (Å²) in [4.78, 5) is 19.6. The van der Waals surface area contributed by atoms with Gasteiger partial charge >= 0.3 is 0 Å². The number of fused-ring (bicyclic) bond motifs is 1. The Bertz CT molecular complexity index is 1140. The Hall–Kier alpha value is -3.09. The molecule has 7 nitrogen and oxygen atoms in total. The summed E-state index contributed by atoms with van der Waals surface area (Å²) in [6.07, 6.45) is 5.33. The Balaban J connectivity index is 1.38. The van der Waals surface area contributed by atoms with Crippen molar-refractivity contribution in [3.63, 3.8) is 0 Å². The molecule has 0 N–H and O–H groups in total. The molecule has 1 fully saturated rings. The fraction of sp³-hybridized carbons (Fsp3) is 0.480. The van der Waals surface area contributed by atoms with Gasteiger partial charge in [-0.15, -0.1) is 0 Å². The zero-order chi connectivity index (χ0) is 22.2. The van der Waals surface area contributed by atoms with Crippen molar-refractivity contribution in [1.82, 2.24) is 24.2 Å².